The second kappa shape index (κ2) is 23.0. The van der Waals surface area contributed by atoms with Gasteiger partial charge in [0.1, 0.15) is 32.8 Å². The largest absolute Gasteiger partial charge is 0.490 e. The normalized spacial score (nSPS) is 11.8. The summed E-state index contributed by atoms with van der Waals surface area (Å²) < 4.78 is 117. The van der Waals surface area contributed by atoms with Gasteiger partial charge in [-0.05, 0) is 22.7 Å². The highest BCUT2D eigenvalue weighted by molar-refractivity contribution is 6.90. The molecular weight excluding hydrogens is 695 g/mol. The van der Waals surface area contributed by atoms with Gasteiger partial charge in [0, 0.05) is 25.8 Å². The summed E-state index contributed by atoms with van der Waals surface area (Å²) in [6.45, 7) is 15.8. The van der Waals surface area contributed by atoms with Crippen LogP contribution in [0.15, 0.2) is 12.1 Å². The van der Waals surface area contributed by atoms with E-state index in [0.717, 1.165) is 0 Å². The molecule has 0 saturated carbocycles. The first-order valence-corrected chi connectivity index (χ1v) is 19.4. The molecule has 0 saturated heterocycles. The van der Waals surface area contributed by atoms with E-state index in [-0.39, 0.29) is 67.8 Å². The Morgan fingerprint density at radius 1 is 0.510 bits per heavy atom. The summed E-state index contributed by atoms with van der Waals surface area (Å²) in [5.41, 5.74) is 3.22. The monoisotopic (exact) mass is 748 g/mol. The van der Waals surface area contributed by atoms with Crippen LogP contribution in [0.3, 0.4) is 0 Å². The van der Waals surface area contributed by atoms with Crippen LogP contribution in [0.25, 0.3) is 11.1 Å². The van der Waals surface area contributed by atoms with Crippen molar-refractivity contribution in [3.05, 3.63) is 46.8 Å². The van der Waals surface area contributed by atoms with Gasteiger partial charge in [0.25, 0.3) is 0 Å². The van der Waals surface area contributed by atoms with Crippen molar-refractivity contribution in [3.8, 4) is 34.1 Å². The molecule has 0 unspecified atom stereocenters. The Morgan fingerprint density at radius 3 is 1.29 bits per heavy atom. The molecule has 2 rings (SSSR count). The molecule has 0 bridgehead atoms. The van der Waals surface area contributed by atoms with Crippen molar-refractivity contribution >= 4 is 8.07 Å². The smallest absolute Gasteiger partial charge is 0.200 e. The minimum atomic E-state index is -2.29. The van der Waals surface area contributed by atoms with Gasteiger partial charge in [-0.25, -0.2) is 22.0 Å². The molecule has 288 valence electrons. The molecular formula is C37H53F5O8Si. The van der Waals surface area contributed by atoms with Crippen molar-refractivity contribution in [3.63, 3.8) is 0 Å². The van der Waals surface area contributed by atoms with Gasteiger partial charge in [-0.2, -0.15) is 0 Å². The zero-order valence-electron chi connectivity index (χ0n) is 31.0. The first-order valence-electron chi connectivity index (χ1n) is 17.1. The summed E-state index contributed by atoms with van der Waals surface area (Å²) in [5, 5.41) is 0. The number of rotatable bonds is 24. The lowest BCUT2D eigenvalue weighted by Gasteiger charge is -2.38. The fraction of sp³-hybridized carbons (Fsp3) is 0.622. The van der Waals surface area contributed by atoms with Crippen molar-refractivity contribution in [1.29, 1.82) is 0 Å². The second-order valence-corrected chi connectivity index (χ2v) is 18.1. The van der Waals surface area contributed by atoms with E-state index in [1.165, 1.54) is 12.1 Å². The molecule has 0 fully saturated rings. The summed E-state index contributed by atoms with van der Waals surface area (Å²) in [6.07, 6.45) is 0. The quantitative estimate of drug-likeness (QED) is 0.0270. The van der Waals surface area contributed by atoms with Crippen LogP contribution in [-0.4, -0.2) is 102 Å². The van der Waals surface area contributed by atoms with Gasteiger partial charge in [-0.3, -0.25) is 0 Å². The number of halogens is 5. The van der Waals surface area contributed by atoms with Crippen LogP contribution in [0.2, 0.25) is 16.6 Å². The maximum atomic E-state index is 15.3. The molecule has 2 aromatic carbocycles. The van der Waals surface area contributed by atoms with Gasteiger partial charge in [-0.1, -0.05) is 47.5 Å². The van der Waals surface area contributed by atoms with Crippen molar-refractivity contribution < 1.29 is 59.8 Å². The van der Waals surface area contributed by atoms with E-state index in [1.807, 2.05) is 0 Å². The zero-order valence-corrected chi connectivity index (χ0v) is 32.0. The second-order valence-electron chi connectivity index (χ2n) is 12.6. The van der Waals surface area contributed by atoms with Crippen molar-refractivity contribution in [2.24, 2.45) is 0 Å². The summed E-state index contributed by atoms with van der Waals surface area (Å²) >= 11 is 0. The van der Waals surface area contributed by atoms with Gasteiger partial charge in [0.15, 0.2) is 23.3 Å². The maximum absolute atomic E-state index is 15.3. The average Bonchev–Trinajstić information content (AvgIpc) is 3.09. The molecule has 0 heterocycles. The van der Waals surface area contributed by atoms with Crippen LogP contribution in [-0.2, 0) is 28.4 Å². The fourth-order valence-electron chi connectivity index (χ4n) is 5.89. The predicted molar refractivity (Wildman–Crippen MR) is 188 cm³/mol. The van der Waals surface area contributed by atoms with Gasteiger partial charge < -0.3 is 37.9 Å². The first-order chi connectivity index (χ1) is 24.3. The molecule has 0 atom stereocenters. The molecule has 0 aromatic heterocycles. The summed E-state index contributed by atoms with van der Waals surface area (Å²) in [6, 6.07) is 2.60. The summed E-state index contributed by atoms with van der Waals surface area (Å²) in [4.78, 5) is 0. The van der Waals surface area contributed by atoms with Gasteiger partial charge >= 0.3 is 0 Å². The standard InChI is InChI=1S/C37H53F5O8Si/c1-25(2)51(26(3)4,27(5)6)22-9-28-23-31(50-21-19-48-17-15-46-13-11-44-8)29(32-33(38)35(40)37(42)36(41)34(32)39)24-30(28)49-20-18-47-16-14-45-12-10-43-7/h23-27H,10-21H2,1-8H3. The molecule has 51 heavy (non-hydrogen) atoms. The highest BCUT2D eigenvalue weighted by Gasteiger charge is 2.42. The number of ether oxygens (including phenoxy) is 8. The Kier molecular flexibility index (Phi) is 20.0. The Labute approximate surface area is 300 Å². The number of hydrogen-bond donors (Lipinski definition) is 0. The zero-order chi connectivity index (χ0) is 38.0. The average molecular weight is 749 g/mol. The molecule has 0 aliphatic rings. The van der Waals surface area contributed by atoms with Crippen molar-refractivity contribution in [1.82, 2.24) is 0 Å². The lowest BCUT2D eigenvalue weighted by atomic mass is 9.99. The van der Waals surface area contributed by atoms with E-state index < -0.39 is 48.3 Å². The van der Waals surface area contributed by atoms with E-state index in [4.69, 9.17) is 37.9 Å². The van der Waals surface area contributed by atoms with Crippen molar-refractivity contribution in [2.75, 3.05) is 93.5 Å². The molecule has 0 aliphatic heterocycles. The minimum Gasteiger partial charge on any atom is -0.490 e. The Morgan fingerprint density at radius 2 is 0.882 bits per heavy atom. The minimum absolute atomic E-state index is 0.00902. The van der Waals surface area contributed by atoms with E-state index in [9.17, 15) is 13.2 Å². The van der Waals surface area contributed by atoms with Gasteiger partial charge in [-0.15, -0.1) is 5.54 Å². The Balaban J connectivity index is 2.58. The van der Waals surface area contributed by atoms with Crippen LogP contribution in [0.5, 0.6) is 11.5 Å². The molecule has 0 N–H and O–H groups in total. The predicted octanol–water partition coefficient (Wildman–Crippen LogP) is 7.74. The number of benzene rings is 2. The summed E-state index contributed by atoms with van der Waals surface area (Å²) in [7, 11) is 0.840. The molecule has 2 aromatic rings. The third-order valence-corrected chi connectivity index (χ3v) is 14.7. The third-order valence-electron chi connectivity index (χ3n) is 8.42. The molecule has 0 amide bonds. The Hall–Kier alpha value is -2.77. The SMILES string of the molecule is COCCOCCOCCOc1cc(-c2c(F)c(F)c(F)c(F)c2F)c(OCCOCCOCCOC)cc1C#C[Si](C(C)C)(C(C)C)C(C)C. The van der Waals surface area contributed by atoms with Crippen LogP contribution in [0, 0.1) is 40.6 Å². The van der Waals surface area contributed by atoms with E-state index >= 15 is 8.78 Å². The van der Waals surface area contributed by atoms with Gasteiger partial charge in [0.05, 0.1) is 77.2 Å². The Bertz CT molecular complexity index is 1360. The fourth-order valence-corrected chi connectivity index (χ4v) is 11.1. The molecule has 0 radical (unpaired) electrons. The molecule has 14 heteroatoms. The molecule has 0 aliphatic carbocycles. The lowest BCUT2D eigenvalue weighted by molar-refractivity contribution is 0.0177. The maximum Gasteiger partial charge on any atom is 0.200 e. The number of hydrogen-bond acceptors (Lipinski definition) is 8. The number of methoxy groups -OCH3 is 2. The van der Waals surface area contributed by atoms with Crippen LogP contribution >= 0.6 is 0 Å². The third kappa shape index (κ3) is 12.7. The van der Waals surface area contributed by atoms with Gasteiger partial charge in [0.2, 0.25) is 5.82 Å². The first kappa shape index (κ1) is 44.4. The lowest BCUT2D eigenvalue weighted by Crippen LogP contribution is -2.43. The van der Waals surface area contributed by atoms with E-state index in [2.05, 4.69) is 53.0 Å². The molecule has 8 nitrogen and oxygen atoms in total. The van der Waals surface area contributed by atoms with Crippen molar-refractivity contribution in [2.45, 2.75) is 58.2 Å². The van der Waals surface area contributed by atoms with E-state index in [0.29, 0.717) is 45.2 Å². The highest BCUT2D eigenvalue weighted by Crippen LogP contribution is 2.43. The van der Waals surface area contributed by atoms with Crippen LogP contribution in [0.1, 0.15) is 47.1 Å². The van der Waals surface area contributed by atoms with E-state index in [1.54, 1.807) is 14.2 Å². The van der Waals surface area contributed by atoms with Crippen LogP contribution in [0.4, 0.5) is 22.0 Å². The van der Waals surface area contributed by atoms with Crippen LogP contribution < -0.4 is 9.47 Å². The molecule has 0 spiro atoms. The topological polar surface area (TPSA) is 73.8 Å². The highest BCUT2D eigenvalue weighted by atomic mass is 28.3. The summed E-state index contributed by atoms with van der Waals surface area (Å²) in [5.74, 6) is -7.26.